The van der Waals surface area contributed by atoms with Gasteiger partial charge in [0, 0.05) is 19.3 Å². The molecule has 0 aromatic heterocycles. The van der Waals surface area contributed by atoms with Gasteiger partial charge in [-0.3, -0.25) is 14.4 Å². The maximum Gasteiger partial charge on any atom is 0.306 e. The second-order valence-electron chi connectivity index (χ2n) is 20.6. The Bertz CT molecular complexity index is 1100. The molecule has 0 spiro atoms. The highest BCUT2D eigenvalue weighted by Gasteiger charge is 2.19. The van der Waals surface area contributed by atoms with Gasteiger partial charge in [0.15, 0.2) is 6.10 Å². The Morgan fingerprint density at radius 1 is 0.279 bits per heavy atom. The highest BCUT2D eigenvalue weighted by Crippen LogP contribution is 2.17. The molecular formula is C62H116O6. The molecule has 68 heavy (non-hydrogen) atoms. The molecule has 0 rings (SSSR count). The number of esters is 3. The molecule has 0 aromatic carbocycles. The van der Waals surface area contributed by atoms with E-state index in [0.29, 0.717) is 19.3 Å². The molecule has 0 saturated heterocycles. The molecule has 0 heterocycles. The largest absolute Gasteiger partial charge is 0.462 e. The van der Waals surface area contributed by atoms with E-state index in [1.54, 1.807) is 0 Å². The van der Waals surface area contributed by atoms with Gasteiger partial charge in [0.25, 0.3) is 0 Å². The number of hydrogen-bond acceptors (Lipinski definition) is 6. The average Bonchev–Trinajstić information content (AvgIpc) is 3.34. The van der Waals surface area contributed by atoms with E-state index in [4.69, 9.17) is 14.2 Å². The van der Waals surface area contributed by atoms with Crippen LogP contribution in [0.1, 0.15) is 335 Å². The summed E-state index contributed by atoms with van der Waals surface area (Å²) in [5, 5.41) is 0. The Hall–Kier alpha value is -2.11. The molecule has 0 amide bonds. The van der Waals surface area contributed by atoms with Crippen molar-refractivity contribution in [1.29, 1.82) is 0 Å². The first-order valence-corrected chi connectivity index (χ1v) is 30.3. The minimum Gasteiger partial charge on any atom is -0.462 e. The molecule has 1 atom stereocenters. The van der Waals surface area contributed by atoms with E-state index in [2.05, 4.69) is 45.1 Å². The van der Waals surface area contributed by atoms with Crippen LogP contribution in [0.25, 0.3) is 0 Å². The third-order valence-electron chi connectivity index (χ3n) is 13.7. The maximum atomic E-state index is 12.8. The maximum absolute atomic E-state index is 12.8. The second-order valence-corrected chi connectivity index (χ2v) is 20.6. The van der Waals surface area contributed by atoms with Crippen molar-refractivity contribution in [1.82, 2.24) is 0 Å². The minimum absolute atomic E-state index is 0.0692. The highest BCUT2D eigenvalue weighted by molar-refractivity contribution is 5.71. The van der Waals surface area contributed by atoms with Crippen molar-refractivity contribution >= 4 is 17.9 Å². The van der Waals surface area contributed by atoms with Gasteiger partial charge < -0.3 is 14.2 Å². The SMILES string of the molecule is CCCCC/C=C\CCCCCCCC(=O)OCC(COC(=O)CCCCCCCCCCCCCCC/C=C\CCCCCCCCCC)OC(=O)CCCCCCCCCCCCCCC. The van der Waals surface area contributed by atoms with E-state index in [9.17, 15) is 14.4 Å². The fraction of sp³-hybridized carbons (Fsp3) is 0.887. The number of carbonyl (C=O) groups is 3. The average molecular weight is 958 g/mol. The van der Waals surface area contributed by atoms with Crippen molar-refractivity contribution in [2.75, 3.05) is 13.2 Å². The molecule has 0 bridgehead atoms. The van der Waals surface area contributed by atoms with Crippen LogP contribution in [0.15, 0.2) is 24.3 Å². The lowest BCUT2D eigenvalue weighted by Crippen LogP contribution is -2.30. The van der Waals surface area contributed by atoms with E-state index < -0.39 is 6.10 Å². The fourth-order valence-electron chi connectivity index (χ4n) is 9.08. The minimum atomic E-state index is -0.770. The standard InChI is InChI=1S/C62H116O6/c1-4-7-10-13-16-19-22-25-26-27-28-29-30-31-32-33-34-35-36-38-40-43-46-49-52-55-61(64)67-58-59(57-66-60(63)54-51-48-45-42-39-24-21-18-15-12-9-6-3)68-62(65)56-53-50-47-44-41-37-23-20-17-14-11-8-5-2/h18,21,27-28,59H,4-17,19-20,22-26,29-58H2,1-3H3/b21-18-,28-27-. The lowest BCUT2D eigenvalue weighted by Gasteiger charge is -2.18. The smallest absolute Gasteiger partial charge is 0.306 e. The first-order valence-electron chi connectivity index (χ1n) is 30.3. The van der Waals surface area contributed by atoms with Crippen LogP contribution in [0, 0.1) is 0 Å². The molecule has 400 valence electrons. The Kier molecular flexibility index (Phi) is 55.7. The van der Waals surface area contributed by atoms with Crippen molar-refractivity contribution in [3.63, 3.8) is 0 Å². The summed E-state index contributed by atoms with van der Waals surface area (Å²) in [5.41, 5.74) is 0. The van der Waals surface area contributed by atoms with Gasteiger partial charge in [-0.25, -0.2) is 0 Å². The van der Waals surface area contributed by atoms with Gasteiger partial charge in [-0.1, -0.05) is 270 Å². The number of hydrogen-bond donors (Lipinski definition) is 0. The number of allylic oxidation sites excluding steroid dienone is 4. The molecule has 0 radical (unpaired) electrons. The molecule has 0 aliphatic rings. The van der Waals surface area contributed by atoms with Crippen molar-refractivity contribution < 1.29 is 28.6 Å². The van der Waals surface area contributed by atoms with Crippen molar-refractivity contribution in [3.8, 4) is 0 Å². The topological polar surface area (TPSA) is 78.9 Å². The molecule has 0 aromatic rings. The number of ether oxygens (including phenoxy) is 3. The Balaban J connectivity index is 4.18. The zero-order chi connectivity index (χ0) is 49.3. The lowest BCUT2D eigenvalue weighted by atomic mass is 10.0. The Labute approximate surface area is 423 Å². The zero-order valence-corrected chi connectivity index (χ0v) is 45.9. The molecular weight excluding hydrogens is 841 g/mol. The summed E-state index contributed by atoms with van der Waals surface area (Å²) in [7, 11) is 0. The molecule has 0 aliphatic heterocycles. The summed E-state index contributed by atoms with van der Waals surface area (Å²) < 4.78 is 16.9. The third-order valence-corrected chi connectivity index (χ3v) is 13.7. The second kappa shape index (κ2) is 57.5. The van der Waals surface area contributed by atoms with Gasteiger partial charge in [0.05, 0.1) is 0 Å². The highest BCUT2D eigenvalue weighted by atomic mass is 16.6. The zero-order valence-electron chi connectivity index (χ0n) is 45.9. The summed E-state index contributed by atoms with van der Waals surface area (Å²) in [6.45, 7) is 6.65. The third kappa shape index (κ3) is 54.8. The van der Waals surface area contributed by atoms with Crippen LogP contribution in [0.5, 0.6) is 0 Å². The number of rotatable bonds is 56. The van der Waals surface area contributed by atoms with Crippen LogP contribution in [0.3, 0.4) is 0 Å². The van der Waals surface area contributed by atoms with Crippen molar-refractivity contribution in [3.05, 3.63) is 24.3 Å². The Morgan fingerprint density at radius 2 is 0.485 bits per heavy atom. The fourth-order valence-corrected chi connectivity index (χ4v) is 9.08. The summed E-state index contributed by atoms with van der Waals surface area (Å²) in [6.07, 6.45) is 67.6. The van der Waals surface area contributed by atoms with Crippen molar-refractivity contribution in [2.24, 2.45) is 0 Å². The quantitative estimate of drug-likeness (QED) is 0.0262. The molecule has 1 unspecified atom stereocenters. The van der Waals surface area contributed by atoms with E-state index in [-0.39, 0.29) is 31.1 Å². The molecule has 6 heteroatoms. The van der Waals surface area contributed by atoms with E-state index in [0.717, 1.165) is 64.2 Å². The predicted molar refractivity (Wildman–Crippen MR) is 293 cm³/mol. The van der Waals surface area contributed by atoms with E-state index in [1.165, 1.54) is 231 Å². The van der Waals surface area contributed by atoms with Crippen LogP contribution in [0.2, 0.25) is 0 Å². The number of carbonyl (C=O) groups excluding carboxylic acids is 3. The summed E-state index contributed by atoms with van der Waals surface area (Å²) in [6, 6.07) is 0. The summed E-state index contributed by atoms with van der Waals surface area (Å²) >= 11 is 0. The molecule has 6 nitrogen and oxygen atoms in total. The summed E-state index contributed by atoms with van der Waals surface area (Å²) in [5.74, 6) is -0.859. The van der Waals surface area contributed by atoms with Crippen LogP contribution in [-0.2, 0) is 28.6 Å². The first kappa shape index (κ1) is 65.9. The lowest BCUT2D eigenvalue weighted by molar-refractivity contribution is -0.167. The van der Waals surface area contributed by atoms with Gasteiger partial charge in [0.2, 0.25) is 0 Å². The van der Waals surface area contributed by atoms with Crippen molar-refractivity contribution in [2.45, 2.75) is 341 Å². The Morgan fingerprint density at radius 3 is 0.765 bits per heavy atom. The van der Waals surface area contributed by atoms with Gasteiger partial charge in [0.1, 0.15) is 13.2 Å². The van der Waals surface area contributed by atoms with Gasteiger partial charge in [-0.05, 0) is 70.6 Å². The van der Waals surface area contributed by atoms with Gasteiger partial charge >= 0.3 is 17.9 Å². The van der Waals surface area contributed by atoms with Gasteiger partial charge in [-0.15, -0.1) is 0 Å². The van der Waals surface area contributed by atoms with Crippen LogP contribution >= 0.6 is 0 Å². The normalized spacial score (nSPS) is 12.1. The number of unbranched alkanes of at least 4 members (excludes halogenated alkanes) is 41. The van der Waals surface area contributed by atoms with Gasteiger partial charge in [-0.2, -0.15) is 0 Å². The predicted octanol–water partition coefficient (Wildman–Crippen LogP) is 20.3. The first-order chi connectivity index (χ1) is 33.5. The van der Waals surface area contributed by atoms with Crippen LogP contribution < -0.4 is 0 Å². The molecule has 0 fully saturated rings. The van der Waals surface area contributed by atoms with Crippen LogP contribution in [0.4, 0.5) is 0 Å². The van der Waals surface area contributed by atoms with E-state index in [1.807, 2.05) is 0 Å². The molecule has 0 aliphatic carbocycles. The molecule has 0 N–H and O–H groups in total. The summed E-state index contributed by atoms with van der Waals surface area (Å²) in [4.78, 5) is 38.1. The van der Waals surface area contributed by atoms with Crippen LogP contribution in [-0.4, -0.2) is 37.2 Å². The van der Waals surface area contributed by atoms with E-state index >= 15 is 0 Å². The monoisotopic (exact) mass is 957 g/mol. The molecule has 0 saturated carbocycles.